The predicted molar refractivity (Wildman–Crippen MR) is 92.7 cm³/mol. The molecule has 0 aromatic heterocycles. The molecule has 2 aromatic carbocycles. The molecule has 112 valence electrons. The summed E-state index contributed by atoms with van der Waals surface area (Å²) < 4.78 is 0. The topological polar surface area (TPSA) is 3.24 Å². The zero-order valence-electron chi connectivity index (χ0n) is 13.0. The number of fused-ring (bicyclic) bond motifs is 1. The van der Waals surface area contributed by atoms with Crippen molar-refractivity contribution in [1.82, 2.24) is 4.90 Å². The quantitative estimate of drug-likeness (QED) is 0.780. The van der Waals surface area contributed by atoms with Gasteiger partial charge in [-0.2, -0.15) is 0 Å². The minimum absolute atomic E-state index is 0.421. The molecule has 1 aliphatic carbocycles. The Morgan fingerprint density at radius 2 is 1.50 bits per heavy atom. The second kappa shape index (κ2) is 6.10. The molecule has 2 aromatic rings. The predicted octanol–water partition coefficient (Wildman–Crippen LogP) is 4.85. The summed E-state index contributed by atoms with van der Waals surface area (Å²) in [5.41, 5.74) is 5.90. The zero-order valence-corrected chi connectivity index (χ0v) is 13.0. The van der Waals surface area contributed by atoms with Crippen LogP contribution in [0, 0.1) is 0 Å². The third-order valence-corrected chi connectivity index (χ3v) is 5.04. The second-order valence-corrected chi connectivity index (χ2v) is 6.43. The number of hydrogen-bond donors (Lipinski definition) is 0. The van der Waals surface area contributed by atoms with Gasteiger partial charge >= 0.3 is 0 Å². The minimum Gasteiger partial charge on any atom is -0.292 e. The van der Waals surface area contributed by atoms with Gasteiger partial charge in [0.05, 0.1) is 6.04 Å². The molecule has 4 rings (SSSR count). The van der Waals surface area contributed by atoms with Gasteiger partial charge in [0, 0.05) is 0 Å². The molecule has 0 radical (unpaired) electrons. The van der Waals surface area contributed by atoms with Crippen LogP contribution in [-0.2, 0) is 6.42 Å². The summed E-state index contributed by atoms with van der Waals surface area (Å²) in [4.78, 5) is 2.69. The minimum atomic E-state index is 0.421. The third kappa shape index (κ3) is 2.50. The lowest BCUT2D eigenvalue weighted by atomic mass is 9.91. The molecule has 2 aliphatic rings. The van der Waals surface area contributed by atoms with Gasteiger partial charge in [-0.15, -0.1) is 0 Å². The lowest BCUT2D eigenvalue weighted by Crippen LogP contribution is -2.34. The number of allylic oxidation sites excluding steroid dienone is 1. The number of benzene rings is 2. The standard InChI is InChI=1S/C21H23N/c1-3-10-18(11-4-1)21(22-15-7-2-8-16-22)20-14-13-17-9-5-6-12-19(17)20/h1,3-6,9-12,14,21H,2,7-8,13,15-16H2. The van der Waals surface area contributed by atoms with E-state index in [-0.39, 0.29) is 0 Å². The van der Waals surface area contributed by atoms with Crippen LogP contribution in [0.25, 0.3) is 5.57 Å². The first kappa shape index (κ1) is 13.8. The fraction of sp³-hybridized carbons (Fsp3) is 0.333. The third-order valence-electron chi connectivity index (χ3n) is 5.04. The van der Waals surface area contributed by atoms with Gasteiger partial charge in [-0.3, -0.25) is 4.90 Å². The summed E-state index contributed by atoms with van der Waals surface area (Å²) in [6.45, 7) is 2.44. The maximum atomic E-state index is 2.69. The van der Waals surface area contributed by atoms with Gasteiger partial charge < -0.3 is 0 Å². The van der Waals surface area contributed by atoms with Gasteiger partial charge in [0.2, 0.25) is 0 Å². The number of hydrogen-bond acceptors (Lipinski definition) is 1. The maximum Gasteiger partial charge on any atom is 0.0604 e. The molecule has 0 saturated carbocycles. The van der Waals surface area contributed by atoms with Crippen molar-refractivity contribution in [2.24, 2.45) is 0 Å². The van der Waals surface area contributed by atoms with E-state index in [1.54, 1.807) is 0 Å². The SMILES string of the molecule is C1=C(C(c2ccccc2)N2CCCCC2)c2ccccc2C1. The molecule has 0 spiro atoms. The first-order valence-electron chi connectivity index (χ1n) is 8.51. The van der Waals surface area contributed by atoms with Crippen LogP contribution in [0.1, 0.15) is 42.0 Å². The van der Waals surface area contributed by atoms with Crippen LogP contribution >= 0.6 is 0 Å². The zero-order chi connectivity index (χ0) is 14.8. The lowest BCUT2D eigenvalue weighted by Gasteiger charge is -2.36. The Balaban J connectivity index is 1.75. The van der Waals surface area contributed by atoms with Crippen molar-refractivity contribution in [3.63, 3.8) is 0 Å². The van der Waals surface area contributed by atoms with E-state index >= 15 is 0 Å². The van der Waals surface area contributed by atoms with E-state index in [1.165, 1.54) is 54.6 Å². The Hall–Kier alpha value is -1.86. The van der Waals surface area contributed by atoms with Crippen LogP contribution in [0.5, 0.6) is 0 Å². The second-order valence-electron chi connectivity index (χ2n) is 6.43. The smallest absolute Gasteiger partial charge is 0.0604 e. The fourth-order valence-corrected chi connectivity index (χ4v) is 3.97. The molecule has 1 atom stereocenters. The van der Waals surface area contributed by atoms with Gasteiger partial charge in [0.25, 0.3) is 0 Å². The number of likely N-dealkylation sites (tertiary alicyclic amines) is 1. The van der Waals surface area contributed by atoms with E-state index in [2.05, 4.69) is 65.6 Å². The van der Waals surface area contributed by atoms with Crippen LogP contribution in [0.3, 0.4) is 0 Å². The van der Waals surface area contributed by atoms with Crippen molar-refractivity contribution in [3.05, 3.63) is 77.4 Å². The number of nitrogens with zero attached hydrogens (tertiary/aromatic N) is 1. The average molecular weight is 289 g/mol. The molecule has 1 fully saturated rings. The molecule has 0 amide bonds. The van der Waals surface area contributed by atoms with Crippen molar-refractivity contribution >= 4 is 5.57 Å². The normalized spacial score (nSPS) is 19.5. The molecule has 1 nitrogen and oxygen atoms in total. The van der Waals surface area contributed by atoms with Gasteiger partial charge in [0.15, 0.2) is 0 Å². The first-order chi connectivity index (χ1) is 10.9. The molecule has 1 heterocycles. The molecule has 1 heteroatoms. The molecule has 0 bridgehead atoms. The molecule has 0 N–H and O–H groups in total. The van der Waals surface area contributed by atoms with Crippen LogP contribution in [-0.4, -0.2) is 18.0 Å². The molecule has 1 aliphatic heterocycles. The number of rotatable bonds is 3. The van der Waals surface area contributed by atoms with Gasteiger partial charge in [-0.25, -0.2) is 0 Å². The first-order valence-corrected chi connectivity index (χ1v) is 8.51. The van der Waals surface area contributed by atoms with Crippen LogP contribution in [0.2, 0.25) is 0 Å². The van der Waals surface area contributed by atoms with Crippen molar-refractivity contribution in [2.75, 3.05) is 13.1 Å². The Morgan fingerprint density at radius 1 is 0.773 bits per heavy atom. The maximum absolute atomic E-state index is 2.69. The molecule has 1 saturated heterocycles. The summed E-state index contributed by atoms with van der Waals surface area (Å²) in [5, 5.41) is 0. The molecule has 22 heavy (non-hydrogen) atoms. The largest absolute Gasteiger partial charge is 0.292 e. The summed E-state index contributed by atoms with van der Waals surface area (Å²) in [5.74, 6) is 0. The Morgan fingerprint density at radius 3 is 2.32 bits per heavy atom. The Kier molecular flexibility index (Phi) is 3.82. The van der Waals surface area contributed by atoms with Gasteiger partial charge in [-0.1, -0.05) is 67.1 Å². The molecular formula is C21H23N. The van der Waals surface area contributed by atoms with Crippen LogP contribution in [0.4, 0.5) is 0 Å². The Labute approximate surface area is 133 Å². The average Bonchev–Trinajstić information content (AvgIpc) is 3.01. The van der Waals surface area contributed by atoms with Gasteiger partial charge in [0.1, 0.15) is 0 Å². The summed E-state index contributed by atoms with van der Waals surface area (Å²) in [7, 11) is 0. The van der Waals surface area contributed by atoms with Crippen LogP contribution < -0.4 is 0 Å². The molecular weight excluding hydrogens is 266 g/mol. The highest BCUT2D eigenvalue weighted by Gasteiger charge is 2.29. The number of piperidine rings is 1. The summed E-state index contributed by atoms with van der Waals surface area (Å²) in [6, 6.07) is 20.4. The van der Waals surface area contributed by atoms with E-state index in [0.717, 1.165) is 6.42 Å². The van der Waals surface area contributed by atoms with Crippen molar-refractivity contribution in [1.29, 1.82) is 0 Å². The van der Waals surface area contributed by atoms with E-state index in [1.807, 2.05) is 0 Å². The fourth-order valence-electron chi connectivity index (χ4n) is 3.97. The van der Waals surface area contributed by atoms with Crippen molar-refractivity contribution in [3.8, 4) is 0 Å². The van der Waals surface area contributed by atoms with Crippen molar-refractivity contribution < 1.29 is 0 Å². The monoisotopic (exact) mass is 289 g/mol. The summed E-state index contributed by atoms with van der Waals surface area (Å²) in [6.07, 6.45) is 7.59. The van der Waals surface area contributed by atoms with Gasteiger partial charge in [-0.05, 0) is 54.6 Å². The van der Waals surface area contributed by atoms with E-state index in [9.17, 15) is 0 Å². The van der Waals surface area contributed by atoms with E-state index in [0.29, 0.717) is 6.04 Å². The van der Waals surface area contributed by atoms with E-state index < -0.39 is 0 Å². The molecule has 1 unspecified atom stereocenters. The highest BCUT2D eigenvalue weighted by molar-refractivity contribution is 5.77. The lowest BCUT2D eigenvalue weighted by molar-refractivity contribution is 0.197. The van der Waals surface area contributed by atoms with Crippen LogP contribution in [0.15, 0.2) is 60.7 Å². The highest BCUT2D eigenvalue weighted by Crippen LogP contribution is 2.41. The van der Waals surface area contributed by atoms with E-state index in [4.69, 9.17) is 0 Å². The van der Waals surface area contributed by atoms with Crippen molar-refractivity contribution in [2.45, 2.75) is 31.7 Å². The highest BCUT2D eigenvalue weighted by atomic mass is 15.2. The summed E-state index contributed by atoms with van der Waals surface area (Å²) >= 11 is 0. The Bertz CT molecular complexity index is 665.